The molecular formula is C13H16N2O. The molecule has 1 atom stereocenters. The van der Waals surface area contributed by atoms with E-state index in [4.69, 9.17) is 12.2 Å². The zero-order chi connectivity index (χ0) is 11.8. The average Bonchev–Trinajstić information content (AvgIpc) is 2.34. The zero-order valence-electron chi connectivity index (χ0n) is 9.15. The summed E-state index contributed by atoms with van der Waals surface area (Å²) < 4.78 is 0. The molecule has 0 aliphatic carbocycles. The van der Waals surface area contributed by atoms with Gasteiger partial charge in [0.25, 0.3) is 0 Å². The fourth-order valence-corrected chi connectivity index (χ4v) is 1.32. The van der Waals surface area contributed by atoms with Gasteiger partial charge in [0, 0.05) is 13.0 Å². The Labute approximate surface area is 96.0 Å². The van der Waals surface area contributed by atoms with Gasteiger partial charge >= 0.3 is 0 Å². The minimum atomic E-state index is -0.605. The standard InChI is InChI=1S/C13H16N2O/c1-2-3-7-10-15-13(16)12(14)11-8-5-4-6-9-11/h1,4-6,8-9,12H,3,7,10,14H2,(H,15,16)/t12-/m0/s1. The Hall–Kier alpha value is -1.79. The SMILES string of the molecule is C#CCCCNC(=O)[C@@H](N)c1ccccc1. The molecule has 3 nitrogen and oxygen atoms in total. The van der Waals surface area contributed by atoms with Crippen molar-refractivity contribution in [3.05, 3.63) is 35.9 Å². The molecule has 0 bridgehead atoms. The monoisotopic (exact) mass is 216 g/mol. The second kappa shape index (κ2) is 6.65. The van der Waals surface area contributed by atoms with Crippen LogP contribution in [0.3, 0.4) is 0 Å². The number of amides is 1. The Bertz CT molecular complexity index is 367. The fraction of sp³-hybridized carbons (Fsp3) is 0.308. The van der Waals surface area contributed by atoms with E-state index in [-0.39, 0.29) is 5.91 Å². The first-order chi connectivity index (χ1) is 7.75. The highest BCUT2D eigenvalue weighted by Gasteiger charge is 2.13. The third kappa shape index (κ3) is 3.76. The molecule has 1 aromatic carbocycles. The molecule has 16 heavy (non-hydrogen) atoms. The lowest BCUT2D eigenvalue weighted by Crippen LogP contribution is -2.34. The Morgan fingerprint density at radius 1 is 1.44 bits per heavy atom. The highest BCUT2D eigenvalue weighted by atomic mass is 16.2. The lowest BCUT2D eigenvalue weighted by atomic mass is 10.1. The van der Waals surface area contributed by atoms with Crippen LogP contribution in [-0.4, -0.2) is 12.5 Å². The van der Waals surface area contributed by atoms with E-state index in [0.717, 1.165) is 12.0 Å². The van der Waals surface area contributed by atoms with Crippen LogP contribution in [0.5, 0.6) is 0 Å². The topological polar surface area (TPSA) is 55.1 Å². The molecule has 1 amide bonds. The molecule has 0 aromatic heterocycles. The number of carbonyl (C=O) groups is 1. The summed E-state index contributed by atoms with van der Waals surface area (Å²) in [6.45, 7) is 0.573. The van der Waals surface area contributed by atoms with Crippen LogP contribution in [0.2, 0.25) is 0 Å². The van der Waals surface area contributed by atoms with E-state index in [9.17, 15) is 4.79 Å². The normalized spacial score (nSPS) is 11.5. The summed E-state index contributed by atoms with van der Waals surface area (Å²) >= 11 is 0. The molecule has 0 aliphatic rings. The lowest BCUT2D eigenvalue weighted by molar-refractivity contribution is -0.122. The van der Waals surface area contributed by atoms with Gasteiger partial charge in [-0.2, -0.15) is 0 Å². The van der Waals surface area contributed by atoms with Crippen molar-refractivity contribution in [1.82, 2.24) is 5.32 Å². The van der Waals surface area contributed by atoms with Gasteiger partial charge < -0.3 is 11.1 Å². The van der Waals surface area contributed by atoms with Gasteiger partial charge in [0.1, 0.15) is 6.04 Å². The number of nitrogens with two attached hydrogens (primary N) is 1. The quantitative estimate of drug-likeness (QED) is 0.574. The van der Waals surface area contributed by atoms with Gasteiger partial charge in [-0.3, -0.25) is 4.79 Å². The molecule has 1 aromatic rings. The van der Waals surface area contributed by atoms with Crippen LogP contribution in [0.4, 0.5) is 0 Å². The number of unbranched alkanes of at least 4 members (excludes halogenated alkanes) is 1. The molecular weight excluding hydrogens is 200 g/mol. The summed E-state index contributed by atoms with van der Waals surface area (Å²) in [7, 11) is 0. The zero-order valence-corrected chi connectivity index (χ0v) is 9.15. The van der Waals surface area contributed by atoms with Crippen LogP contribution in [0.25, 0.3) is 0 Å². The Balaban J connectivity index is 2.40. The Morgan fingerprint density at radius 2 is 2.12 bits per heavy atom. The van der Waals surface area contributed by atoms with E-state index in [2.05, 4.69) is 11.2 Å². The van der Waals surface area contributed by atoms with E-state index in [0.29, 0.717) is 13.0 Å². The van der Waals surface area contributed by atoms with Crippen LogP contribution < -0.4 is 11.1 Å². The largest absolute Gasteiger partial charge is 0.354 e. The highest BCUT2D eigenvalue weighted by molar-refractivity contribution is 5.82. The molecule has 0 fully saturated rings. The van der Waals surface area contributed by atoms with Gasteiger partial charge in [0.05, 0.1) is 0 Å². The van der Waals surface area contributed by atoms with Crippen molar-refractivity contribution < 1.29 is 4.79 Å². The van der Waals surface area contributed by atoms with Crippen molar-refractivity contribution in [2.75, 3.05) is 6.54 Å². The first kappa shape index (κ1) is 12.3. The average molecular weight is 216 g/mol. The molecule has 0 heterocycles. The molecule has 0 unspecified atom stereocenters. The molecule has 0 radical (unpaired) electrons. The van der Waals surface area contributed by atoms with Gasteiger partial charge in [0.2, 0.25) is 5.91 Å². The number of hydrogen-bond donors (Lipinski definition) is 2. The van der Waals surface area contributed by atoms with E-state index in [1.165, 1.54) is 0 Å². The Morgan fingerprint density at radius 3 is 2.75 bits per heavy atom. The summed E-state index contributed by atoms with van der Waals surface area (Å²) in [6.07, 6.45) is 6.56. The summed E-state index contributed by atoms with van der Waals surface area (Å²) in [5.41, 5.74) is 6.62. The van der Waals surface area contributed by atoms with Crippen LogP contribution in [-0.2, 0) is 4.79 Å². The second-order valence-corrected chi connectivity index (χ2v) is 3.49. The smallest absolute Gasteiger partial charge is 0.241 e. The van der Waals surface area contributed by atoms with E-state index >= 15 is 0 Å². The molecule has 1 rings (SSSR count). The predicted octanol–water partition coefficient (Wildman–Crippen LogP) is 1.22. The molecule has 0 aliphatic heterocycles. The predicted molar refractivity (Wildman–Crippen MR) is 64.4 cm³/mol. The van der Waals surface area contributed by atoms with Crippen LogP contribution in [0.15, 0.2) is 30.3 Å². The minimum Gasteiger partial charge on any atom is -0.354 e. The van der Waals surface area contributed by atoms with Crippen molar-refractivity contribution in [3.63, 3.8) is 0 Å². The number of benzene rings is 1. The first-order valence-electron chi connectivity index (χ1n) is 5.27. The lowest BCUT2D eigenvalue weighted by Gasteiger charge is -2.11. The Kier molecular flexibility index (Phi) is 5.10. The summed E-state index contributed by atoms with van der Waals surface area (Å²) in [5.74, 6) is 2.36. The third-order valence-electron chi connectivity index (χ3n) is 2.24. The second-order valence-electron chi connectivity index (χ2n) is 3.49. The molecule has 0 spiro atoms. The van der Waals surface area contributed by atoms with Crippen molar-refractivity contribution in [1.29, 1.82) is 0 Å². The van der Waals surface area contributed by atoms with Gasteiger partial charge in [-0.1, -0.05) is 30.3 Å². The maximum absolute atomic E-state index is 11.6. The number of nitrogens with one attached hydrogen (secondary N) is 1. The van der Waals surface area contributed by atoms with Gasteiger partial charge in [-0.15, -0.1) is 12.3 Å². The van der Waals surface area contributed by atoms with E-state index < -0.39 is 6.04 Å². The maximum atomic E-state index is 11.6. The minimum absolute atomic E-state index is 0.164. The van der Waals surface area contributed by atoms with Crippen molar-refractivity contribution in [2.24, 2.45) is 5.73 Å². The molecule has 3 heteroatoms. The summed E-state index contributed by atoms with van der Waals surface area (Å²) in [4.78, 5) is 11.6. The van der Waals surface area contributed by atoms with Gasteiger partial charge in [0.15, 0.2) is 0 Å². The van der Waals surface area contributed by atoms with Crippen LogP contribution in [0.1, 0.15) is 24.4 Å². The fourth-order valence-electron chi connectivity index (χ4n) is 1.32. The molecule has 0 saturated carbocycles. The number of carbonyl (C=O) groups excluding carboxylic acids is 1. The number of hydrogen-bond acceptors (Lipinski definition) is 2. The van der Waals surface area contributed by atoms with Gasteiger partial charge in [-0.05, 0) is 12.0 Å². The highest BCUT2D eigenvalue weighted by Crippen LogP contribution is 2.08. The van der Waals surface area contributed by atoms with Crippen molar-refractivity contribution in [2.45, 2.75) is 18.9 Å². The van der Waals surface area contributed by atoms with E-state index in [1.54, 1.807) is 0 Å². The maximum Gasteiger partial charge on any atom is 0.241 e. The van der Waals surface area contributed by atoms with Crippen LogP contribution >= 0.6 is 0 Å². The summed E-state index contributed by atoms with van der Waals surface area (Å²) in [6, 6.07) is 8.69. The van der Waals surface area contributed by atoms with Crippen molar-refractivity contribution >= 4 is 5.91 Å². The summed E-state index contributed by atoms with van der Waals surface area (Å²) in [5, 5.41) is 2.76. The molecule has 3 N–H and O–H groups in total. The first-order valence-corrected chi connectivity index (χ1v) is 5.27. The van der Waals surface area contributed by atoms with Crippen LogP contribution in [0, 0.1) is 12.3 Å². The third-order valence-corrected chi connectivity index (χ3v) is 2.24. The number of rotatable bonds is 5. The van der Waals surface area contributed by atoms with Crippen molar-refractivity contribution in [3.8, 4) is 12.3 Å². The van der Waals surface area contributed by atoms with Gasteiger partial charge in [-0.25, -0.2) is 0 Å². The van der Waals surface area contributed by atoms with E-state index in [1.807, 2.05) is 30.3 Å². The molecule has 84 valence electrons. The number of terminal acetylenes is 1. The molecule has 0 saturated heterocycles.